The maximum atomic E-state index is 14.3. The third-order valence-corrected chi connectivity index (χ3v) is 13.0. The van der Waals surface area contributed by atoms with Crippen molar-refractivity contribution in [3.8, 4) is 22.8 Å². The van der Waals surface area contributed by atoms with E-state index in [1.165, 1.54) is 12.0 Å². The van der Waals surface area contributed by atoms with Crippen molar-refractivity contribution in [3.05, 3.63) is 83.9 Å². The fraction of sp³-hybridized carbons (Fsp3) is 0.476. The Kier molecular flexibility index (Phi) is 11.5. The van der Waals surface area contributed by atoms with Crippen LogP contribution in [0.3, 0.4) is 0 Å². The highest BCUT2D eigenvalue weighted by atomic mass is 32.2. The van der Waals surface area contributed by atoms with E-state index < -0.39 is 20.7 Å². The van der Waals surface area contributed by atoms with Gasteiger partial charge in [0.05, 0.1) is 16.0 Å². The molecule has 10 heteroatoms. The first-order chi connectivity index (χ1) is 24.9. The van der Waals surface area contributed by atoms with Gasteiger partial charge < -0.3 is 19.1 Å². The fourth-order valence-corrected chi connectivity index (χ4v) is 8.56. The normalized spacial score (nSPS) is 16.4. The quantitative estimate of drug-likeness (QED) is 0.167. The Hall–Kier alpha value is -4.15. The molecule has 1 aliphatic carbocycles. The van der Waals surface area contributed by atoms with Crippen molar-refractivity contribution in [2.24, 2.45) is 0 Å². The summed E-state index contributed by atoms with van der Waals surface area (Å²) in [6.45, 7) is 12.6. The summed E-state index contributed by atoms with van der Waals surface area (Å²) in [5, 5.41) is 0.995. The van der Waals surface area contributed by atoms with Crippen LogP contribution in [0.15, 0.2) is 72.8 Å². The number of aromatic nitrogens is 1. The molecule has 6 rings (SSSR count). The van der Waals surface area contributed by atoms with Crippen molar-refractivity contribution in [2.75, 3.05) is 26.2 Å². The van der Waals surface area contributed by atoms with E-state index in [1.54, 1.807) is 32.9 Å². The number of rotatable bonds is 11. The molecule has 2 fully saturated rings. The molecule has 1 aromatic heterocycles. The Labute approximate surface area is 309 Å². The summed E-state index contributed by atoms with van der Waals surface area (Å²) in [6.07, 6.45) is 7.42. The molecule has 1 aliphatic heterocycles. The van der Waals surface area contributed by atoms with Gasteiger partial charge in [0.15, 0.2) is 0 Å². The molecule has 2 aliphatic rings. The predicted molar refractivity (Wildman–Crippen MR) is 208 cm³/mol. The Balaban J connectivity index is 1.44. The van der Waals surface area contributed by atoms with Gasteiger partial charge in [-0.3, -0.25) is 9.59 Å². The van der Waals surface area contributed by atoms with Crippen LogP contribution < -0.4 is 9.46 Å². The number of fused-ring (bicyclic) bond motifs is 1. The zero-order chi connectivity index (χ0) is 37.0. The van der Waals surface area contributed by atoms with Crippen molar-refractivity contribution >= 4 is 32.7 Å². The van der Waals surface area contributed by atoms with Gasteiger partial charge in [0.25, 0.3) is 5.91 Å². The number of sulfonamides is 1. The number of nitrogens with zero attached hydrogens (tertiary/aromatic N) is 3. The topological polar surface area (TPSA) is 101 Å². The van der Waals surface area contributed by atoms with Gasteiger partial charge in [-0.25, -0.2) is 13.1 Å². The summed E-state index contributed by atoms with van der Waals surface area (Å²) in [7, 11) is -3.93. The number of benzene rings is 3. The Bertz CT molecular complexity index is 1960. The molecular weight excluding hydrogens is 673 g/mol. The van der Waals surface area contributed by atoms with E-state index in [0.717, 1.165) is 79.5 Å². The number of amides is 2. The fourth-order valence-electron chi connectivity index (χ4n) is 7.89. The largest absolute Gasteiger partial charge is 0.457 e. The summed E-state index contributed by atoms with van der Waals surface area (Å²) >= 11 is 0. The highest BCUT2D eigenvalue weighted by molar-refractivity contribution is 7.91. The van der Waals surface area contributed by atoms with Crippen LogP contribution in [-0.2, 0) is 21.4 Å². The number of carbonyl (C=O) groups is 2. The second kappa shape index (κ2) is 15.8. The van der Waals surface area contributed by atoms with Gasteiger partial charge in [-0.1, -0.05) is 57.4 Å². The lowest BCUT2D eigenvalue weighted by molar-refractivity contribution is -0.133. The standard InChI is InChI=1S/C42H54N4O5S/c1-6-44(7-2)33-24-26-45(27-25-33)38(47)29-46-37-28-32(41(48)43-52(49,50)42(3,4)5)20-23-36(37)39(30-14-10-8-11-15-30)40(46)31-18-21-35(22-19-31)51-34-16-12-9-13-17-34/h9,12-13,16-23,28,30,33H,6-8,10-11,14-15,24-27,29H2,1-5H3,(H,43,48). The number of para-hydroxylation sites is 1. The van der Waals surface area contributed by atoms with Crippen LogP contribution >= 0.6 is 0 Å². The Morgan fingerprint density at radius 3 is 2.10 bits per heavy atom. The molecule has 278 valence electrons. The van der Waals surface area contributed by atoms with E-state index in [1.807, 2.05) is 53.4 Å². The minimum atomic E-state index is -3.93. The molecule has 52 heavy (non-hydrogen) atoms. The number of carbonyl (C=O) groups excluding carboxylic acids is 2. The lowest BCUT2D eigenvalue weighted by Gasteiger charge is -2.37. The Morgan fingerprint density at radius 1 is 0.846 bits per heavy atom. The van der Waals surface area contributed by atoms with Crippen LogP contribution in [0.25, 0.3) is 22.2 Å². The smallest absolute Gasteiger partial charge is 0.264 e. The monoisotopic (exact) mass is 726 g/mol. The van der Waals surface area contributed by atoms with Crippen molar-refractivity contribution in [1.29, 1.82) is 0 Å². The van der Waals surface area contributed by atoms with Crippen molar-refractivity contribution in [2.45, 2.75) is 103 Å². The van der Waals surface area contributed by atoms with E-state index >= 15 is 0 Å². The SMILES string of the molecule is CCN(CC)C1CCN(C(=O)Cn2c(-c3ccc(Oc4ccccc4)cc3)c(C3CCCCC3)c3ccc(C(=O)NS(=O)(=O)C(C)(C)C)cc32)CC1. The first-order valence-corrected chi connectivity index (χ1v) is 20.5. The molecule has 0 atom stereocenters. The molecular formula is C42H54N4O5S. The highest BCUT2D eigenvalue weighted by Gasteiger charge is 2.33. The summed E-state index contributed by atoms with van der Waals surface area (Å²) in [5.74, 6) is 1.11. The van der Waals surface area contributed by atoms with Gasteiger partial charge in [0, 0.05) is 30.1 Å². The zero-order valence-corrected chi connectivity index (χ0v) is 32.2. The zero-order valence-electron chi connectivity index (χ0n) is 31.4. The van der Waals surface area contributed by atoms with Crippen molar-refractivity contribution < 1.29 is 22.7 Å². The number of likely N-dealkylation sites (tertiary alicyclic amines) is 1. The number of piperidine rings is 1. The molecule has 0 unspecified atom stereocenters. The second-order valence-corrected chi connectivity index (χ2v) is 17.7. The van der Waals surface area contributed by atoms with Crippen LogP contribution in [0.5, 0.6) is 11.5 Å². The molecule has 4 aromatic rings. The molecule has 3 aromatic carbocycles. The third-order valence-electron chi connectivity index (χ3n) is 11.0. The average molecular weight is 727 g/mol. The molecule has 0 bridgehead atoms. The van der Waals surface area contributed by atoms with Gasteiger partial charge in [0.1, 0.15) is 18.0 Å². The average Bonchev–Trinajstić information content (AvgIpc) is 3.46. The summed E-state index contributed by atoms with van der Waals surface area (Å²) < 4.78 is 35.3. The lowest BCUT2D eigenvalue weighted by atomic mass is 9.81. The van der Waals surface area contributed by atoms with Crippen LogP contribution in [0, 0.1) is 0 Å². The molecule has 2 heterocycles. The van der Waals surface area contributed by atoms with Crippen LogP contribution in [0.1, 0.15) is 101 Å². The van der Waals surface area contributed by atoms with E-state index in [0.29, 0.717) is 24.9 Å². The second-order valence-electron chi connectivity index (χ2n) is 15.2. The molecule has 2 amide bonds. The molecule has 1 N–H and O–H groups in total. The van der Waals surface area contributed by atoms with Crippen LogP contribution in [-0.4, -0.2) is 71.6 Å². The molecule has 9 nitrogen and oxygen atoms in total. The minimum absolute atomic E-state index is 0.0422. The van der Waals surface area contributed by atoms with Gasteiger partial charge in [-0.05, 0) is 125 Å². The number of ether oxygens (including phenoxy) is 1. The maximum absolute atomic E-state index is 14.3. The first-order valence-electron chi connectivity index (χ1n) is 19.0. The first kappa shape index (κ1) is 37.6. The predicted octanol–water partition coefficient (Wildman–Crippen LogP) is 8.34. The number of hydrogen-bond acceptors (Lipinski definition) is 6. The maximum Gasteiger partial charge on any atom is 0.264 e. The summed E-state index contributed by atoms with van der Waals surface area (Å²) in [4.78, 5) is 32.3. The number of hydrogen-bond donors (Lipinski definition) is 1. The van der Waals surface area contributed by atoms with Gasteiger partial charge in [-0.15, -0.1) is 0 Å². The van der Waals surface area contributed by atoms with E-state index in [4.69, 9.17) is 4.74 Å². The van der Waals surface area contributed by atoms with E-state index in [2.05, 4.69) is 40.2 Å². The summed E-state index contributed by atoms with van der Waals surface area (Å²) in [5.41, 5.74) is 4.12. The number of nitrogens with one attached hydrogen (secondary N) is 1. The van der Waals surface area contributed by atoms with E-state index in [-0.39, 0.29) is 23.9 Å². The van der Waals surface area contributed by atoms with E-state index in [9.17, 15) is 18.0 Å². The molecule has 1 saturated carbocycles. The van der Waals surface area contributed by atoms with Crippen LogP contribution in [0.4, 0.5) is 0 Å². The lowest BCUT2D eigenvalue weighted by Crippen LogP contribution is -2.47. The van der Waals surface area contributed by atoms with Crippen molar-refractivity contribution in [3.63, 3.8) is 0 Å². The van der Waals surface area contributed by atoms with Gasteiger partial charge in [-0.2, -0.15) is 0 Å². The van der Waals surface area contributed by atoms with Crippen LogP contribution in [0.2, 0.25) is 0 Å². The third kappa shape index (κ3) is 8.08. The van der Waals surface area contributed by atoms with Crippen molar-refractivity contribution in [1.82, 2.24) is 19.1 Å². The highest BCUT2D eigenvalue weighted by Crippen LogP contribution is 2.45. The van der Waals surface area contributed by atoms with Gasteiger partial charge in [0.2, 0.25) is 15.9 Å². The molecule has 1 saturated heterocycles. The molecule has 0 radical (unpaired) electrons. The minimum Gasteiger partial charge on any atom is -0.457 e. The Morgan fingerprint density at radius 2 is 1.48 bits per heavy atom. The summed E-state index contributed by atoms with van der Waals surface area (Å²) in [6, 6.07) is 23.6. The van der Waals surface area contributed by atoms with Gasteiger partial charge >= 0.3 is 0 Å². The molecule has 0 spiro atoms.